The molecule has 36 heavy (non-hydrogen) atoms. The lowest BCUT2D eigenvalue weighted by Gasteiger charge is -2.22. The highest BCUT2D eigenvalue weighted by Gasteiger charge is 2.25. The van der Waals surface area contributed by atoms with Crippen molar-refractivity contribution >= 4 is 33.5 Å². The molecule has 0 spiro atoms. The van der Waals surface area contributed by atoms with E-state index >= 15 is 0 Å². The zero-order chi connectivity index (χ0) is 25.2. The Labute approximate surface area is 211 Å². The van der Waals surface area contributed by atoms with Crippen LogP contribution in [0, 0.1) is 6.92 Å². The van der Waals surface area contributed by atoms with Gasteiger partial charge in [0.2, 0.25) is 0 Å². The van der Waals surface area contributed by atoms with Crippen molar-refractivity contribution in [2.75, 3.05) is 13.4 Å². The largest absolute Gasteiger partial charge is 0.467 e. The molecule has 1 aliphatic carbocycles. The first-order valence-electron chi connectivity index (χ1n) is 12.2. The number of aromatic nitrogens is 2. The summed E-state index contributed by atoms with van der Waals surface area (Å²) in [6.07, 6.45) is 6.44. The molecular formula is C26H28N2O7S. The quantitative estimate of drug-likeness (QED) is 0.449. The standard InChI is InChI=1S/C26H28N2O7S/c1-3-33-25(30)16-9-17(21-18(10-16)12-32-14-34-21)11-28-13-27-23-20(24(28)29)15(2)22(36-23)26(31)35-19-7-5-4-6-8-19/h9-10,13,19H,3-8,11-12,14H2,1-2H3. The number of aryl methyl sites for hydroxylation is 1. The van der Waals surface area contributed by atoms with Crippen LogP contribution < -0.4 is 10.3 Å². The first-order chi connectivity index (χ1) is 17.5. The number of hydrogen-bond donors (Lipinski definition) is 0. The van der Waals surface area contributed by atoms with E-state index in [1.54, 1.807) is 26.0 Å². The smallest absolute Gasteiger partial charge is 0.348 e. The highest BCUT2D eigenvalue weighted by Crippen LogP contribution is 2.32. The lowest BCUT2D eigenvalue weighted by atomic mass is 9.98. The molecule has 3 aromatic rings. The lowest BCUT2D eigenvalue weighted by molar-refractivity contribution is -0.0171. The minimum absolute atomic E-state index is 0.0673. The van der Waals surface area contributed by atoms with E-state index in [4.69, 9.17) is 18.9 Å². The van der Waals surface area contributed by atoms with Gasteiger partial charge < -0.3 is 18.9 Å². The number of carbonyl (C=O) groups excluding carboxylic acids is 2. The van der Waals surface area contributed by atoms with Crippen molar-refractivity contribution in [3.8, 4) is 5.75 Å². The number of hydrogen-bond acceptors (Lipinski definition) is 9. The highest BCUT2D eigenvalue weighted by atomic mass is 32.1. The maximum atomic E-state index is 13.5. The fourth-order valence-electron chi connectivity index (χ4n) is 4.79. The third-order valence-electron chi connectivity index (χ3n) is 6.57. The van der Waals surface area contributed by atoms with E-state index in [1.165, 1.54) is 28.7 Å². The van der Waals surface area contributed by atoms with Crippen molar-refractivity contribution < 1.29 is 28.5 Å². The first-order valence-corrected chi connectivity index (χ1v) is 13.0. The van der Waals surface area contributed by atoms with Gasteiger partial charge in [-0.3, -0.25) is 9.36 Å². The van der Waals surface area contributed by atoms with Gasteiger partial charge in [-0.2, -0.15) is 0 Å². The second kappa shape index (κ2) is 10.4. The summed E-state index contributed by atoms with van der Waals surface area (Å²) in [7, 11) is 0. The maximum absolute atomic E-state index is 13.5. The molecule has 0 unspecified atom stereocenters. The molecule has 0 saturated heterocycles. The van der Waals surface area contributed by atoms with Crippen LogP contribution in [0.15, 0.2) is 23.3 Å². The molecule has 0 atom stereocenters. The second-order valence-corrected chi connectivity index (χ2v) is 10.0. The molecule has 3 heterocycles. The molecule has 0 radical (unpaired) electrons. The Balaban J connectivity index is 1.48. The molecule has 1 saturated carbocycles. The predicted octanol–water partition coefficient (Wildman–Crippen LogP) is 4.35. The SMILES string of the molecule is CCOC(=O)c1cc2c(c(Cn3cnc4sc(C(=O)OC5CCCCC5)c(C)c4c3=O)c1)OCOC2. The normalized spacial score (nSPS) is 15.8. The van der Waals surface area contributed by atoms with Gasteiger partial charge in [0, 0.05) is 11.1 Å². The van der Waals surface area contributed by atoms with Crippen LogP contribution in [0.3, 0.4) is 0 Å². The van der Waals surface area contributed by atoms with E-state index in [9.17, 15) is 14.4 Å². The van der Waals surface area contributed by atoms with Crippen LogP contribution in [0.1, 0.15) is 75.7 Å². The summed E-state index contributed by atoms with van der Waals surface area (Å²) < 4.78 is 23.4. The minimum atomic E-state index is -0.456. The summed E-state index contributed by atoms with van der Waals surface area (Å²) in [4.78, 5) is 44.2. The maximum Gasteiger partial charge on any atom is 0.348 e. The van der Waals surface area contributed by atoms with Gasteiger partial charge in [0.15, 0.2) is 6.79 Å². The number of esters is 2. The van der Waals surface area contributed by atoms with E-state index in [0.717, 1.165) is 25.7 Å². The predicted molar refractivity (Wildman–Crippen MR) is 133 cm³/mol. The third kappa shape index (κ3) is 4.75. The Morgan fingerprint density at radius 1 is 1.19 bits per heavy atom. The summed E-state index contributed by atoms with van der Waals surface area (Å²) in [5.41, 5.74) is 2.03. The van der Waals surface area contributed by atoms with E-state index in [2.05, 4.69) is 4.98 Å². The van der Waals surface area contributed by atoms with Crippen LogP contribution in [0.4, 0.5) is 0 Å². The van der Waals surface area contributed by atoms with Crippen LogP contribution in [0.25, 0.3) is 10.2 Å². The molecule has 2 aliphatic rings. The van der Waals surface area contributed by atoms with E-state index in [1.807, 2.05) is 0 Å². The van der Waals surface area contributed by atoms with Gasteiger partial charge in [-0.25, -0.2) is 14.6 Å². The van der Waals surface area contributed by atoms with Crippen molar-refractivity contribution in [1.82, 2.24) is 9.55 Å². The number of benzene rings is 1. The van der Waals surface area contributed by atoms with Gasteiger partial charge in [-0.15, -0.1) is 11.3 Å². The van der Waals surface area contributed by atoms with E-state index in [0.29, 0.717) is 43.1 Å². The molecule has 190 valence electrons. The van der Waals surface area contributed by atoms with Crippen molar-refractivity contribution in [1.29, 1.82) is 0 Å². The molecule has 1 fully saturated rings. The van der Waals surface area contributed by atoms with Crippen LogP contribution in [0.5, 0.6) is 5.75 Å². The summed E-state index contributed by atoms with van der Waals surface area (Å²) in [6.45, 7) is 4.26. The molecule has 0 amide bonds. The molecule has 1 aromatic carbocycles. The molecule has 0 bridgehead atoms. The third-order valence-corrected chi connectivity index (χ3v) is 7.75. The molecular weight excluding hydrogens is 484 g/mol. The minimum Gasteiger partial charge on any atom is -0.467 e. The molecule has 1 aliphatic heterocycles. The van der Waals surface area contributed by atoms with Gasteiger partial charge >= 0.3 is 11.9 Å². The Bertz CT molecular complexity index is 1370. The summed E-state index contributed by atoms with van der Waals surface area (Å²) in [5, 5.41) is 0.401. The van der Waals surface area contributed by atoms with Gasteiger partial charge in [0.05, 0.1) is 37.0 Å². The van der Waals surface area contributed by atoms with Crippen LogP contribution in [0.2, 0.25) is 0 Å². The van der Waals surface area contributed by atoms with Crippen LogP contribution >= 0.6 is 11.3 Å². The van der Waals surface area contributed by atoms with E-state index in [-0.39, 0.29) is 38.2 Å². The fourth-order valence-corrected chi connectivity index (χ4v) is 5.81. The average Bonchev–Trinajstić information content (AvgIpc) is 3.23. The van der Waals surface area contributed by atoms with Crippen LogP contribution in [-0.2, 0) is 27.4 Å². The number of carbonyl (C=O) groups is 2. The van der Waals surface area contributed by atoms with Crippen molar-refractivity contribution in [3.63, 3.8) is 0 Å². The molecule has 2 aromatic heterocycles. The van der Waals surface area contributed by atoms with Gasteiger partial charge in [0.1, 0.15) is 21.6 Å². The number of rotatable bonds is 6. The van der Waals surface area contributed by atoms with Gasteiger partial charge in [-0.05, 0) is 57.2 Å². The summed E-state index contributed by atoms with van der Waals surface area (Å²) in [6, 6.07) is 3.36. The Hall–Kier alpha value is -3.24. The molecule has 0 N–H and O–H groups in total. The van der Waals surface area contributed by atoms with Crippen molar-refractivity contribution in [2.24, 2.45) is 0 Å². The van der Waals surface area contributed by atoms with Crippen molar-refractivity contribution in [3.05, 3.63) is 55.9 Å². The Morgan fingerprint density at radius 3 is 2.78 bits per heavy atom. The lowest BCUT2D eigenvalue weighted by Crippen LogP contribution is -2.23. The van der Waals surface area contributed by atoms with E-state index < -0.39 is 11.9 Å². The topological polar surface area (TPSA) is 106 Å². The number of ether oxygens (including phenoxy) is 4. The molecule has 5 rings (SSSR count). The zero-order valence-corrected chi connectivity index (χ0v) is 21.2. The van der Waals surface area contributed by atoms with Gasteiger partial charge in [0.25, 0.3) is 5.56 Å². The Kier molecular flexibility index (Phi) is 7.06. The monoisotopic (exact) mass is 512 g/mol. The number of nitrogens with zero attached hydrogens (tertiary/aromatic N) is 2. The number of thiophene rings is 1. The highest BCUT2D eigenvalue weighted by molar-refractivity contribution is 7.20. The second-order valence-electron chi connectivity index (χ2n) is 9.03. The zero-order valence-electron chi connectivity index (χ0n) is 20.3. The average molecular weight is 513 g/mol. The van der Waals surface area contributed by atoms with Crippen LogP contribution in [-0.4, -0.2) is 41.0 Å². The molecule has 10 heteroatoms. The van der Waals surface area contributed by atoms with Crippen molar-refractivity contribution in [2.45, 2.75) is 65.2 Å². The van der Waals surface area contributed by atoms with Gasteiger partial charge in [-0.1, -0.05) is 6.42 Å². The molecule has 9 nitrogen and oxygen atoms in total. The Morgan fingerprint density at radius 2 is 2.00 bits per heavy atom. The summed E-state index contributed by atoms with van der Waals surface area (Å²) in [5.74, 6) is -0.263. The fraction of sp³-hybridized carbons (Fsp3) is 0.462. The first kappa shape index (κ1) is 24.5. The number of fused-ring (bicyclic) bond motifs is 2. The summed E-state index contributed by atoms with van der Waals surface area (Å²) >= 11 is 1.18.